The van der Waals surface area contributed by atoms with E-state index in [4.69, 9.17) is 14.2 Å². The van der Waals surface area contributed by atoms with Gasteiger partial charge in [-0.1, -0.05) is 6.92 Å². The van der Waals surface area contributed by atoms with Gasteiger partial charge in [-0.2, -0.15) is 0 Å². The van der Waals surface area contributed by atoms with Gasteiger partial charge in [0, 0.05) is 19.8 Å². The van der Waals surface area contributed by atoms with E-state index >= 15 is 0 Å². The fraction of sp³-hybridized carbons (Fsp3) is 0.938. The molecule has 1 saturated carbocycles. The summed E-state index contributed by atoms with van der Waals surface area (Å²) >= 11 is 0. The number of hydrogen-bond acceptors (Lipinski definition) is 5. The van der Waals surface area contributed by atoms with Crippen LogP contribution in [-0.4, -0.2) is 51.6 Å². The van der Waals surface area contributed by atoms with Crippen LogP contribution in [0.5, 0.6) is 0 Å². The zero-order chi connectivity index (χ0) is 15.1. The molecule has 0 radical (unpaired) electrons. The van der Waals surface area contributed by atoms with Crippen molar-refractivity contribution in [1.82, 2.24) is 5.32 Å². The molecule has 0 amide bonds. The normalized spacial score (nSPS) is 22.8. The van der Waals surface area contributed by atoms with Gasteiger partial charge in [0.15, 0.2) is 0 Å². The second-order valence-electron chi connectivity index (χ2n) is 6.23. The Bertz CT molecular complexity index is 326. The molecule has 0 aromatic rings. The molecule has 1 N–H and O–H groups in total. The highest BCUT2D eigenvalue weighted by Crippen LogP contribution is 2.41. The lowest BCUT2D eigenvalue weighted by Gasteiger charge is -2.33. The number of hydrogen-bond donors (Lipinski definition) is 1. The SMILES string of the molecule is CCCNC(COCC1CCOCC1)(C(=O)OC)C1CC1. The van der Waals surface area contributed by atoms with Crippen molar-refractivity contribution in [1.29, 1.82) is 0 Å². The summed E-state index contributed by atoms with van der Waals surface area (Å²) < 4.78 is 16.4. The van der Waals surface area contributed by atoms with E-state index in [-0.39, 0.29) is 5.97 Å². The maximum atomic E-state index is 12.3. The van der Waals surface area contributed by atoms with Crippen LogP contribution in [-0.2, 0) is 19.0 Å². The number of esters is 1. The molecule has 2 fully saturated rings. The Hall–Kier alpha value is -0.650. The standard InChI is InChI=1S/C16H29NO4/c1-3-8-17-16(14-4-5-14,15(18)19-2)12-21-11-13-6-9-20-10-7-13/h13-14,17H,3-12H2,1-2H3. The molecule has 1 heterocycles. The van der Waals surface area contributed by atoms with Crippen molar-refractivity contribution >= 4 is 5.97 Å². The largest absolute Gasteiger partial charge is 0.468 e. The first-order chi connectivity index (χ1) is 10.2. The molecule has 1 aliphatic heterocycles. The average molecular weight is 299 g/mol. The van der Waals surface area contributed by atoms with Crippen molar-refractivity contribution in [3.63, 3.8) is 0 Å². The highest BCUT2D eigenvalue weighted by Gasteiger charge is 2.51. The molecule has 0 aromatic heterocycles. The lowest BCUT2D eigenvalue weighted by atomic mass is 9.93. The van der Waals surface area contributed by atoms with Crippen LogP contribution in [0.2, 0.25) is 0 Å². The predicted octanol–water partition coefficient (Wildman–Crippen LogP) is 1.75. The minimum atomic E-state index is -0.643. The third-order valence-electron chi connectivity index (χ3n) is 4.54. The summed E-state index contributed by atoms with van der Waals surface area (Å²) in [5.41, 5.74) is -0.643. The maximum absolute atomic E-state index is 12.3. The monoisotopic (exact) mass is 299 g/mol. The van der Waals surface area contributed by atoms with Crippen molar-refractivity contribution in [2.45, 2.75) is 44.6 Å². The Morgan fingerprint density at radius 2 is 2.00 bits per heavy atom. The van der Waals surface area contributed by atoms with E-state index in [1.54, 1.807) is 0 Å². The Kier molecular flexibility index (Phi) is 6.45. The van der Waals surface area contributed by atoms with E-state index in [9.17, 15) is 4.79 Å². The number of ether oxygens (including phenoxy) is 3. The van der Waals surface area contributed by atoms with Crippen molar-refractivity contribution in [3.8, 4) is 0 Å². The van der Waals surface area contributed by atoms with Gasteiger partial charge in [0.2, 0.25) is 0 Å². The van der Waals surface area contributed by atoms with Gasteiger partial charge in [-0.3, -0.25) is 5.32 Å². The molecular formula is C16H29NO4. The summed E-state index contributed by atoms with van der Waals surface area (Å²) in [6.45, 7) is 5.70. The maximum Gasteiger partial charge on any atom is 0.328 e. The smallest absolute Gasteiger partial charge is 0.328 e. The number of rotatable bonds is 9. The molecule has 1 atom stereocenters. The molecule has 1 aliphatic carbocycles. The van der Waals surface area contributed by atoms with E-state index < -0.39 is 5.54 Å². The first-order valence-corrected chi connectivity index (χ1v) is 8.22. The van der Waals surface area contributed by atoms with Crippen LogP contribution in [0.4, 0.5) is 0 Å². The predicted molar refractivity (Wildman–Crippen MR) is 80.1 cm³/mol. The molecule has 1 unspecified atom stereocenters. The quantitative estimate of drug-likeness (QED) is 0.657. The number of methoxy groups -OCH3 is 1. The van der Waals surface area contributed by atoms with Crippen LogP contribution < -0.4 is 5.32 Å². The topological polar surface area (TPSA) is 56.8 Å². The molecule has 0 spiro atoms. The molecule has 0 bridgehead atoms. The lowest BCUT2D eigenvalue weighted by molar-refractivity contribution is -0.153. The van der Waals surface area contributed by atoms with Crippen LogP contribution >= 0.6 is 0 Å². The van der Waals surface area contributed by atoms with Crippen molar-refractivity contribution < 1.29 is 19.0 Å². The van der Waals surface area contributed by atoms with Crippen LogP contribution in [0.3, 0.4) is 0 Å². The summed E-state index contributed by atoms with van der Waals surface area (Å²) in [6.07, 6.45) is 5.25. The Morgan fingerprint density at radius 3 is 2.57 bits per heavy atom. The van der Waals surface area contributed by atoms with Gasteiger partial charge in [-0.05, 0) is 50.5 Å². The molecule has 5 nitrogen and oxygen atoms in total. The van der Waals surface area contributed by atoms with Gasteiger partial charge in [0.25, 0.3) is 0 Å². The average Bonchev–Trinajstić information content (AvgIpc) is 3.36. The molecular weight excluding hydrogens is 270 g/mol. The first-order valence-electron chi connectivity index (χ1n) is 8.22. The number of nitrogens with one attached hydrogen (secondary N) is 1. The summed E-state index contributed by atoms with van der Waals surface area (Å²) in [4.78, 5) is 12.3. The fourth-order valence-electron chi connectivity index (χ4n) is 3.02. The van der Waals surface area contributed by atoms with Crippen LogP contribution in [0, 0.1) is 11.8 Å². The van der Waals surface area contributed by atoms with Gasteiger partial charge < -0.3 is 14.2 Å². The van der Waals surface area contributed by atoms with Gasteiger partial charge >= 0.3 is 5.97 Å². The lowest BCUT2D eigenvalue weighted by Crippen LogP contribution is -2.58. The van der Waals surface area contributed by atoms with Crippen molar-refractivity contribution in [2.24, 2.45) is 11.8 Å². The Morgan fingerprint density at radius 1 is 1.29 bits per heavy atom. The molecule has 1 saturated heterocycles. The molecule has 2 aliphatic rings. The zero-order valence-electron chi connectivity index (χ0n) is 13.4. The molecule has 21 heavy (non-hydrogen) atoms. The van der Waals surface area contributed by atoms with E-state index in [0.717, 1.165) is 51.9 Å². The molecule has 122 valence electrons. The van der Waals surface area contributed by atoms with Gasteiger partial charge in [0.1, 0.15) is 5.54 Å². The highest BCUT2D eigenvalue weighted by atomic mass is 16.5. The Labute approximate surface area is 127 Å². The van der Waals surface area contributed by atoms with Crippen LogP contribution in [0.1, 0.15) is 39.0 Å². The molecule has 2 rings (SSSR count). The van der Waals surface area contributed by atoms with E-state index in [1.165, 1.54) is 7.11 Å². The summed E-state index contributed by atoms with van der Waals surface area (Å²) in [6, 6.07) is 0. The van der Waals surface area contributed by atoms with Crippen LogP contribution in [0.15, 0.2) is 0 Å². The van der Waals surface area contributed by atoms with Crippen molar-refractivity contribution in [3.05, 3.63) is 0 Å². The molecule has 5 heteroatoms. The summed E-state index contributed by atoms with van der Waals surface area (Å²) in [5.74, 6) is 0.732. The zero-order valence-corrected chi connectivity index (χ0v) is 13.4. The second-order valence-corrected chi connectivity index (χ2v) is 6.23. The van der Waals surface area contributed by atoms with Gasteiger partial charge in [0.05, 0.1) is 13.7 Å². The van der Waals surface area contributed by atoms with Crippen molar-refractivity contribution in [2.75, 3.05) is 40.1 Å². The van der Waals surface area contributed by atoms with E-state index in [1.807, 2.05) is 0 Å². The highest BCUT2D eigenvalue weighted by molar-refractivity contribution is 5.82. The fourth-order valence-corrected chi connectivity index (χ4v) is 3.02. The van der Waals surface area contributed by atoms with Gasteiger partial charge in [-0.25, -0.2) is 4.79 Å². The Balaban J connectivity index is 1.89. The summed E-state index contributed by atoms with van der Waals surface area (Å²) in [7, 11) is 1.46. The minimum absolute atomic E-state index is 0.176. The number of carbonyl (C=O) groups is 1. The van der Waals surface area contributed by atoms with Gasteiger partial charge in [-0.15, -0.1) is 0 Å². The first kappa shape index (κ1) is 16.7. The molecule has 0 aromatic carbocycles. The number of carbonyl (C=O) groups excluding carboxylic acids is 1. The van der Waals surface area contributed by atoms with Crippen LogP contribution in [0.25, 0.3) is 0 Å². The second kappa shape index (κ2) is 8.11. The third-order valence-corrected chi connectivity index (χ3v) is 4.54. The minimum Gasteiger partial charge on any atom is -0.468 e. The summed E-state index contributed by atoms with van der Waals surface area (Å²) in [5, 5.41) is 3.41. The third kappa shape index (κ3) is 4.41. The van der Waals surface area contributed by atoms with E-state index in [2.05, 4.69) is 12.2 Å². The van der Waals surface area contributed by atoms with E-state index in [0.29, 0.717) is 25.0 Å².